The van der Waals surface area contributed by atoms with Crippen molar-refractivity contribution in [1.29, 1.82) is 0 Å². The number of aryl methyl sites for hydroxylation is 1. The van der Waals surface area contributed by atoms with E-state index in [1.165, 1.54) is 0 Å². The minimum Gasteiger partial charge on any atom is -0.454 e. The molecule has 1 aliphatic heterocycles. The highest BCUT2D eigenvalue weighted by Crippen LogP contribution is 2.25. The van der Waals surface area contributed by atoms with Gasteiger partial charge in [-0.1, -0.05) is 18.2 Å². The van der Waals surface area contributed by atoms with Crippen molar-refractivity contribution >= 4 is 28.7 Å². The number of fused-ring (bicyclic) bond motifs is 1. The van der Waals surface area contributed by atoms with Gasteiger partial charge in [0.1, 0.15) is 0 Å². The van der Waals surface area contributed by atoms with Crippen LogP contribution in [-0.2, 0) is 14.3 Å². The molecule has 0 bridgehead atoms. The molecule has 0 spiro atoms. The number of hydrogen-bond acceptors (Lipinski definition) is 5. The number of esters is 1. The number of H-pyrrole nitrogens is 1. The van der Waals surface area contributed by atoms with Crippen LogP contribution in [-0.4, -0.2) is 53.5 Å². The molecule has 1 atom stereocenters. The van der Waals surface area contributed by atoms with E-state index in [1.807, 2.05) is 31.2 Å². The Kier molecular flexibility index (Phi) is 6.02. The van der Waals surface area contributed by atoms with Crippen LogP contribution >= 0.6 is 0 Å². The number of carbonyl (C=O) groups excluding carboxylic acids is 3. The standard InChI is InChI=1S/C21H26N2O5/c1-4-27-21(26)23-11-9-15(10-12-23)20(25)28-14(3)19(24)18-13(2)22-17-8-6-5-7-16(17)18/h5-8,14-15,22H,4,9-12H2,1-3H3. The van der Waals surface area contributed by atoms with Gasteiger partial charge in [-0.15, -0.1) is 0 Å². The molecule has 7 heteroatoms. The Balaban J connectivity index is 1.61. The minimum atomic E-state index is -0.867. The third-order valence-electron chi connectivity index (χ3n) is 5.16. The molecule has 2 heterocycles. The molecule has 1 aromatic heterocycles. The fourth-order valence-electron chi connectivity index (χ4n) is 3.63. The number of ketones is 1. The summed E-state index contributed by atoms with van der Waals surface area (Å²) in [5.74, 6) is -0.917. The fraction of sp³-hybridized carbons (Fsp3) is 0.476. The van der Waals surface area contributed by atoms with Gasteiger partial charge in [0.15, 0.2) is 6.10 Å². The molecule has 0 saturated carbocycles. The van der Waals surface area contributed by atoms with E-state index in [0.717, 1.165) is 16.6 Å². The first-order chi connectivity index (χ1) is 13.4. The second-order valence-corrected chi connectivity index (χ2v) is 7.07. The molecule has 1 amide bonds. The van der Waals surface area contributed by atoms with Gasteiger partial charge in [0.25, 0.3) is 0 Å². The van der Waals surface area contributed by atoms with Gasteiger partial charge in [-0.2, -0.15) is 0 Å². The number of piperidine rings is 1. The summed E-state index contributed by atoms with van der Waals surface area (Å²) in [6.07, 6.45) is -0.212. The van der Waals surface area contributed by atoms with Gasteiger partial charge >= 0.3 is 12.1 Å². The molecule has 1 N–H and O–H groups in total. The Morgan fingerprint density at radius 3 is 2.57 bits per heavy atom. The average Bonchev–Trinajstić information content (AvgIpc) is 3.03. The van der Waals surface area contributed by atoms with E-state index in [-0.39, 0.29) is 23.8 Å². The van der Waals surface area contributed by atoms with Crippen LogP contribution in [0.4, 0.5) is 4.79 Å². The predicted octanol–water partition coefficient (Wildman–Crippen LogP) is 3.46. The second-order valence-electron chi connectivity index (χ2n) is 7.07. The van der Waals surface area contributed by atoms with Crippen molar-refractivity contribution in [2.45, 2.75) is 39.7 Å². The van der Waals surface area contributed by atoms with Crippen molar-refractivity contribution in [1.82, 2.24) is 9.88 Å². The summed E-state index contributed by atoms with van der Waals surface area (Å²) in [6.45, 7) is 6.43. The summed E-state index contributed by atoms with van der Waals surface area (Å²) < 4.78 is 10.5. The number of Topliss-reactive ketones (excluding diaryl/α,β-unsaturated/α-hetero) is 1. The zero-order valence-electron chi connectivity index (χ0n) is 16.5. The number of nitrogens with zero attached hydrogens (tertiary/aromatic N) is 1. The first kappa shape index (κ1) is 19.9. The molecule has 0 aliphatic carbocycles. The molecule has 3 rings (SSSR count). The van der Waals surface area contributed by atoms with Crippen LogP contribution in [0.1, 0.15) is 42.7 Å². The molecule has 0 radical (unpaired) electrons. The second kappa shape index (κ2) is 8.46. The summed E-state index contributed by atoms with van der Waals surface area (Å²) in [5, 5.41) is 0.829. The number of hydrogen-bond donors (Lipinski definition) is 1. The van der Waals surface area contributed by atoms with E-state index >= 15 is 0 Å². The lowest BCUT2D eigenvalue weighted by molar-refractivity contribution is -0.152. The largest absolute Gasteiger partial charge is 0.454 e. The number of benzene rings is 1. The number of aromatic amines is 1. The number of carbonyl (C=O) groups is 3. The Labute approximate surface area is 164 Å². The average molecular weight is 386 g/mol. The van der Waals surface area contributed by atoms with Crippen LogP contribution < -0.4 is 0 Å². The quantitative estimate of drug-likeness (QED) is 0.628. The summed E-state index contributed by atoms with van der Waals surface area (Å²) in [6, 6.07) is 7.57. The van der Waals surface area contributed by atoms with Crippen LogP contribution in [0.3, 0.4) is 0 Å². The van der Waals surface area contributed by atoms with Crippen molar-refractivity contribution in [2.75, 3.05) is 19.7 Å². The monoisotopic (exact) mass is 386 g/mol. The Hall–Kier alpha value is -2.83. The maximum atomic E-state index is 12.9. The first-order valence-corrected chi connectivity index (χ1v) is 9.66. The van der Waals surface area contributed by atoms with E-state index in [2.05, 4.69) is 4.98 Å². The maximum Gasteiger partial charge on any atom is 0.409 e. The zero-order chi connectivity index (χ0) is 20.3. The zero-order valence-corrected chi connectivity index (χ0v) is 16.5. The van der Waals surface area contributed by atoms with Crippen molar-refractivity contribution in [2.24, 2.45) is 5.92 Å². The van der Waals surface area contributed by atoms with Gasteiger partial charge in [0.2, 0.25) is 5.78 Å². The van der Waals surface area contributed by atoms with E-state index in [1.54, 1.807) is 18.7 Å². The number of likely N-dealkylation sites (tertiary alicyclic amines) is 1. The molecule has 1 aromatic carbocycles. The number of aromatic nitrogens is 1. The van der Waals surface area contributed by atoms with Crippen LogP contribution in [0, 0.1) is 12.8 Å². The molecular weight excluding hydrogens is 360 g/mol. The molecule has 1 fully saturated rings. The highest BCUT2D eigenvalue weighted by atomic mass is 16.6. The van der Waals surface area contributed by atoms with Gasteiger partial charge < -0.3 is 19.4 Å². The fourth-order valence-corrected chi connectivity index (χ4v) is 3.63. The van der Waals surface area contributed by atoms with Gasteiger partial charge in [-0.05, 0) is 39.7 Å². The lowest BCUT2D eigenvalue weighted by atomic mass is 9.97. The number of nitrogens with one attached hydrogen (secondary N) is 1. The van der Waals surface area contributed by atoms with Crippen molar-refractivity contribution in [3.05, 3.63) is 35.5 Å². The van der Waals surface area contributed by atoms with Gasteiger partial charge in [0.05, 0.1) is 12.5 Å². The number of rotatable bonds is 5. The van der Waals surface area contributed by atoms with Gasteiger partial charge in [-0.25, -0.2) is 4.79 Å². The van der Waals surface area contributed by atoms with Gasteiger partial charge in [0, 0.05) is 35.2 Å². The maximum absolute atomic E-state index is 12.9. The first-order valence-electron chi connectivity index (χ1n) is 9.66. The lowest BCUT2D eigenvalue weighted by Gasteiger charge is -2.30. The number of para-hydroxylation sites is 1. The van der Waals surface area contributed by atoms with Crippen LogP contribution in [0.5, 0.6) is 0 Å². The lowest BCUT2D eigenvalue weighted by Crippen LogP contribution is -2.41. The van der Waals surface area contributed by atoms with E-state index in [0.29, 0.717) is 38.1 Å². The van der Waals surface area contributed by atoms with E-state index < -0.39 is 6.10 Å². The molecule has 28 heavy (non-hydrogen) atoms. The summed E-state index contributed by atoms with van der Waals surface area (Å²) in [7, 11) is 0. The van der Waals surface area contributed by atoms with Crippen molar-refractivity contribution in [3.63, 3.8) is 0 Å². The Morgan fingerprint density at radius 1 is 1.21 bits per heavy atom. The Bertz CT molecular complexity index is 880. The van der Waals surface area contributed by atoms with Crippen molar-refractivity contribution < 1.29 is 23.9 Å². The van der Waals surface area contributed by atoms with Crippen LogP contribution in [0.2, 0.25) is 0 Å². The number of ether oxygens (including phenoxy) is 2. The van der Waals surface area contributed by atoms with E-state index in [4.69, 9.17) is 9.47 Å². The summed E-state index contributed by atoms with van der Waals surface area (Å²) in [4.78, 5) is 42.0. The minimum absolute atomic E-state index is 0.216. The van der Waals surface area contributed by atoms with Crippen LogP contribution in [0.25, 0.3) is 10.9 Å². The summed E-state index contributed by atoms with van der Waals surface area (Å²) >= 11 is 0. The molecule has 150 valence electrons. The van der Waals surface area contributed by atoms with Crippen LogP contribution in [0.15, 0.2) is 24.3 Å². The smallest absolute Gasteiger partial charge is 0.409 e. The highest BCUT2D eigenvalue weighted by molar-refractivity contribution is 6.11. The predicted molar refractivity (Wildman–Crippen MR) is 104 cm³/mol. The third kappa shape index (κ3) is 4.03. The van der Waals surface area contributed by atoms with Gasteiger partial charge in [-0.3, -0.25) is 9.59 Å². The summed E-state index contributed by atoms with van der Waals surface area (Å²) in [5.41, 5.74) is 2.21. The molecule has 1 saturated heterocycles. The Morgan fingerprint density at radius 2 is 1.89 bits per heavy atom. The molecule has 7 nitrogen and oxygen atoms in total. The molecule has 1 aliphatic rings. The normalized spacial score (nSPS) is 16.0. The SMILES string of the molecule is CCOC(=O)N1CCC(C(=O)OC(C)C(=O)c2c(C)[nH]c3ccccc23)CC1. The third-order valence-corrected chi connectivity index (χ3v) is 5.16. The van der Waals surface area contributed by atoms with Crippen molar-refractivity contribution in [3.8, 4) is 0 Å². The molecular formula is C21H26N2O5. The molecule has 1 unspecified atom stereocenters. The highest BCUT2D eigenvalue weighted by Gasteiger charge is 2.31. The molecule has 2 aromatic rings. The van der Waals surface area contributed by atoms with E-state index in [9.17, 15) is 14.4 Å². The number of amides is 1. The topological polar surface area (TPSA) is 88.7 Å².